The van der Waals surface area contributed by atoms with Gasteiger partial charge in [-0.2, -0.15) is 13.2 Å². The summed E-state index contributed by atoms with van der Waals surface area (Å²) in [5.41, 5.74) is -0.259. The van der Waals surface area contributed by atoms with Crippen molar-refractivity contribution in [3.63, 3.8) is 0 Å². The summed E-state index contributed by atoms with van der Waals surface area (Å²) in [6, 6.07) is 8.85. The van der Waals surface area contributed by atoms with Crippen LogP contribution in [-0.2, 0) is 11.0 Å². The van der Waals surface area contributed by atoms with Crippen molar-refractivity contribution < 1.29 is 32.2 Å². The molecule has 3 aromatic rings. The number of nitrogens with zero attached hydrogens (tertiary/aromatic N) is 2. The topological polar surface area (TPSA) is 102 Å². The second-order valence-electron chi connectivity index (χ2n) is 6.34. The van der Waals surface area contributed by atoms with Crippen LogP contribution in [0, 0.1) is 0 Å². The van der Waals surface area contributed by atoms with E-state index in [-0.39, 0.29) is 16.6 Å². The SMILES string of the molecule is COc1cc(OC)cc(C(=O)Nc2nnc(SCC(=O)Nc3ccc(C(F)(F)F)cc3)s2)c1. The number of aromatic nitrogens is 2. The number of methoxy groups -OCH3 is 2. The lowest BCUT2D eigenvalue weighted by molar-refractivity contribution is -0.137. The molecule has 0 fully saturated rings. The van der Waals surface area contributed by atoms with E-state index in [0.29, 0.717) is 21.4 Å². The Bertz CT molecular complexity index is 1110. The van der Waals surface area contributed by atoms with Crippen LogP contribution in [0.1, 0.15) is 15.9 Å². The highest BCUT2D eigenvalue weighted by atomic mass is 32.2. The molecule has 2 N–H and O–H groups in total. The molecular weight excluding hydrogens is 481 g/mol. The summed E-state index contributed by atoms with van der Waals surface area (Å²) in [5.74, 6) is -0.0143. The lowest BCUT2D eigenvalue weighted by Crippen LogP contribution is -2.14. The van der Waals surface area contributed by atoms with Crippen LogP contribution in [0.25, 0.3) is 0 Å². The Kier molecular flexibility index (Phi) is 7.76. The molecule has 0 radical (unpaired) electrons. The Hall–Kier alpha value is -3.32. The fraction of sp³-hybridized carbons (Fsp3) is 0.200. The Labute approximate surface area is 194 Å². The predicted molar refractivity (Wildman–Crippen MR) is 118 cm³/mol. The molecule has 13 heteroatoms. The van der Waals surface area contributed by atoms with Gasteiger partial charge in [-0.3, -0.25) is 14.9 Å². The molecule has 174 valence electrons. The van der Waals surface area contributed by atoms with Gasteiger partial charge in [-0.15, -0.1) is 10.2 Å². The van der Waals surface area contributed by atoms with Crippen LogP contribution in [0.3, 0.4) is 0 Å². The highest BCUT2D eigenvalue weighted by molar-refractivity contribution is 8.01. The number of hydrogen-bond donors (Lipinski definition) is 2. The van der Waals surface area contributed by atoms with Gasteiger partial charge in [0.2, 0.25) is 11.0 Å². The second kappa shape index (κ2) is 10.5. The quantitative estimate of drug-likeness (QED) is 0.347. The molecule has 2 amide bonds. The minimum absolute atomic E-state index is 0.0450. The molecule has 0 bridgehead atoms. The van der Waals surface area contributed by atoms with Crippen LogP contribution in [0.2, 0.25) is 0 Å². The van der Waals surface area contributed by atoms with Crippen LogP contribution in [0.15, 0.2) is 46.8 Å². The van der Waals surface area contributed by atoms with Crippen LogP contribution in [0.4, 0.5) is 24.0 Å². The summed E-state index contributed by atoms with van der Waals surface area (Å²) in [5, 5.41) is 13.1. The van der Waals surface area contributed by atoms with Gasteiger partial charge in [-0.1, -0.05) is 23.1 Å². The first-order valence-corrected chi connectivity index (χ1v) is 11.0. The third kappa shape index (κ3) is 6.83. The predicted octanol–water partition coefficient (Wildman–Crippen LogP) is 4.56. The summed E-state index contributed by atoms with van der Waals surface area (Å²) in [7, 11) is 2.94. The number of anilines is 2. The zero-order valence-electron chi connectivity index (χ0n) is 17.2. The number of hydrogen-bond acceptors (Lipinski definition) is 8. The van der Waals surface area contributed by atoms with Crippen molar-refractivity contribution in [2.45, 2.75) is 10.5 Å². The van der Waals surface area contributed by atoms with Gasteiger partial charge in [0, 0.05) is 17.3 Å². The first-order chi connectivity index (χ1) is 15.7. The molecule has 1 heterocycles. The average Bonchev–Trinajstić information content (AvgIpc) is 3.24. The van der Waals surface area contributed by atoms with Crippen LogP contribution >= 0.6 is 23.1 Å². The number of ether oxygens (including phenoxy) is 2. The van der Waals surface area contributed by atoms with Crippen molar-refractivity contribution in [3.05, 3.63) is 53.6 Å². The van der Waals surface area contributed by atoms with Crippen LogP contribution in [0.5, 0.6) is 11.5 Å². The van der Waals surface area contributed by atoms with Crippen molar-refractivity contribution in [2.75, 3.05) is 30.6 Å². The fourth-order valence-electron chi connectivity index (χ4n) is 2.49. The molecule has 0 aliphatic carbocycles. The molecular formula is C20H17F3N4O4S2. The maximum absolute atomic E-state index is 12.6. The summed E-state index contributed by atoms with van der Waals surface area (Å²) < 4.78 is 48.5. The third-order valence-electron chi connectivity index (χ3n) is 4.06. The number of benzene rings is 2. The smallest absolute Gasteiger partial charge is 0.416 e. The standard InChI is InChI=1S/C20H17F3N4O4S2/c1-30-14-7-11(8-15(9-14)31-2)17(29)25-18-26-27-19(33-18)32-10-16(28)24-13-5-3-12(4-6-13)20(21,22)23/h3-9H,10H2,1-2H3,(H,24,28)(H,25,26,29). The first kappa shape index (κ1) is 24.3. The highest BCUT2D eigenvalue weighted by Crippen LogP contribution is 2.30. The molecule has 0 atom stereocenters. The van der Waals surface area contributed by atoms with E-state index < -0.39 is 23.6 Å². The normalized spacial score (nSPS) is 11.1. The number of amides is 2. The molecule has 1 aromatic heterocycles. The molecule has 0 saturated carbocycles. The van der Waals surface area contributed by atoms with E-state index >= 15 is 0 Å². The monoisotopic (exact) mass is 498 g/mol. The van der Waals surface area contributed by atoms with E-state index in [1.165, 1.54) is 26.4 Å². The van der Waals surface area contributed by atoms with Crippen LogP contribution in [-0.4, -0.2) is 42.0 Å². The van der Waals surface area contributed by atoms with E-state index in [4.69, 9.17) is 9.47 Å². The van der Waals surface area contributed by atoms with Gasteiger partial charge in [-0.05, 0) is 36.4 Å². The summed E-state index contributed by atoms with van der Waals surface area (Å²) in [4.78, 5) is 24.6. The molecule has 0 unspecified atom stereocenters. The Morgan fingerprint density at radius 3 is 2.21 bits per heavy atom. The van der Waals surface area contributed by atoms with Gasteiger partial charge in [0.1, 0.15) is 11.5 Å². The Morgan fingerprint density at radius 2 is 1.64 bits per heavy atom. The van der Waals surface area contributed by atoms with E-state index in [1.54, 1.807) is 18.2 Å². The van der Waals surface area contributed by atoms with Crippen molar-refractivity contribution in [3.8, 4) is 11.5 Å². The fourth-order valence-corrected chi connectivity index (χ4v) is 4.04. The van der Waals surface area contributed by atoms with Crippen molar-refractivity contribution in [1.82, 2.24) is 10.2 Å². The lowest BCUT2D eigenvalue weighted by Gasteiger charge is -2.08. The third-order valence-corrected chi connectivity index (χ3v) is 6.04. The number of nitrogens with one attached hydrogen (secondary N) is 2. The molecule has 0 saturated heterocycles. The molecule has 33 heavy (non-hydrogen) atoms. The van der Waals surface area contributed by atoms with E-state index in [2.05, 4.69) is 20.8 Å². The summed E-state index contributed by atoms with van der Waals surface area (Å²) in [6.45, 7) is 0. The molecule has 2 aromatic carbocycles. The van der Waals surface area contributed by atoms with Crippen LogP contribution < -0.4 is 20.1 Å². The van der Waals surface area contributed by atoms with E-state index in [1.807, 2.05) is 0 Å². The van der Waals surface area contributed by atoms with Crippen molar-refractivity contribution in [1.29, 1.82) is 0 Å². The molecule has 0 aliphatic heterocycles. The highest BCUT2D eigenvalue weighted by Gasteiger charge is 2.30. The maximum atomic E-state index is 12.6. The Balaban J connectivity index is 1.53. The number of alkyl halides is 3. The van der Waals surface area contributed by atoms with Crippen molar-refractivity contribution in [2.24, 2.45) is 0 Å². The van der Waals surface area contributed by atoms with Gasteiger partial charge < -0.3 is 14.8 Å². The molecule has 8 nitrogen and oxygen atoms in total. The van der Waals surface area contributed by atoms with E-state index in [0.717, 1.165) is 35.2 Å². The minimum atomic E-state index is -4.44. The van der Waals surface area contributed by atoms with Gasteiger partial charge in [0.15, 0.2) is 4.34 Å². The average molecular weight is 499 g/mol. The summed E-state index contributed by atoms with van der Waals surface area (Å²) >= 11 is 2.14. The number of carbonyl (C=O) groups excluding carboxylic acids is 2. The number of halogens is 3. The lowest BCUT2D eigenvalue weighted by atomic mass is 10.2. The largest absolute Gasteiger partial charge is 0.497 e. The van der Waals surface area contributed by atoms with Gasteiger partial charge in [0.05, 0.1) is 25.5 Å². The van der Waals surface area contributed by atoms with Gasteiger partial charge in [0.25, 0.3) is 5.91 Å². The number of rotatable bonds is 8. The number of carbonyl (C=O) groups is 2. The van der Waals surface area contributed by atoms with E-state index in [9.17, 15) is 22.8 Å². The molecule has 3 rings (SSSR count). The molecule has 0 spiro atoms. The maximum Gasteiger partial charge on any atom is 0.416 e. The van der Waals surface area contributed by atoms with Crippen molar-refractivity contribution >= 4 is 45.7 Å². The zero-order chi connectivity index (χ0) is 24.0. The van der Waals surface area contributed by atoms with Gasteiger partial charge in [-0.25, -0.2) is 0 Å². The Morgan fingerprint density at radius 1 is 1.00 bits per heavy atom. The number of thioether (sulfide) groups is 1. The minimum Gasteiger partial charge on any atom is -0.497 e. The first-order valence-electron chi connectivity index (χ1n) is 9.16. The zero-order valence-corrected chi connectivity index (χ0v) is 18.9. The summed E-state index contributed by atoms with van der Waals surface area (Å²) in [6.07, 6.45) is -4.44. The molecule has 0 aliphatic rings. The second-order valence-corrected chi connectivity index (χ2v) is 8.54. The van der Waals surface area contributed by atoms with Gasteiger partial charge >= 0.3 is 6.18 Å².